The van der Waals surface area contributed by atoms with Crippen molar-refractivity contribution in [3.05, 3.63) is 59.4 Å². The summed E-state index contributed by atoms with van der Waals surface area (Å²) in [5.74, 6) is -0.793. The summed E-state index contributed by atoms with van der Waals surface area (Å²) in [6.07, 6.45) is 0.105. The zero-order valence-electron chi connectivity index (χ0n) is 21.4. The van der Waals surface area contributed by atoms with Crippen molar-refractivity contribution in [1.29, 1.82) is 0 Å². The highest BCUT2D eigenvalue weighted by Crippen LogP contribution is 2.40. The first kappa shape index (κ1) is 27.9. The monoisotopic (exact) mass is 576 g/mol. The Balaban J connectivity index is 1.63. The van der Waals surface area contributed by atoms with Crippen LogP contribution in [0.1, 0.15) is 43.0 Å². The molecule has 0 N–H and O–H groups in total. The van der Waals surface area contributed by atoms with Crippen LogP contribution < -0.4 is 9.84 Å². The van der Waals surface area contributed by atoms with Crippen molar-refractivity contribution in [3.8, 4) is 5.75 Å². The van der Waals surface area contributed by atoms with E-state index in [1.807, 2.05) is 0 Å². The number of halogens is 4. The number of fused-ring (bicyclic) bond motifs is 1. The van der Waals surface area contributed by atoms with E-state index in [9.17, 15) is 23.1 Å². The normalized spacial score (nSPS) is 20.5. The number of amides is 1. The third-order valence-electron chi connectivity index (χ3n) is 6.91. The first-order chi connectivity index (χ1) is 19.2. The molecule has 0 radical (unpaired) electrons. The number of likely N-dealkylation sites (tertiary alicyclic amines) is 1. The molecule has 2 aromatic heterocycles. The molecule has 2 saturated heterocycles. The molecule has 5 rings (SSSR count). The number of hydrogen-bond acceptors (Lipinski definition) is 7. The molecule has 1 amide bonds. The van der Waals surface area contributed by atoms with Crippen LogP contribution >= 0.6 is 11.6 Å². The number of aliphatic imine (C=N–C) groups is 1. The Morgan fingerprint density at radius 1 is 1.27 bits per heavy atom. The number of hydrogen-bond donors (Lipinski definition) is 0. The molecule has 2 aliphatic rings. The van der Waals surface area contributed by atoms with Gasteiger partial charge >= 0.3 is 6.18 Å². The quantitative estimate of drug-likeness (QED) is 0.244. The zero-order valence-corrected chi connectivity index (χ0v) is 22.1. The van der Waals surface area contributed by atoms with E-state index in [2.05, 4.69) is 21.5 Å². The third-order valence-corrected chi connectivity index (χ3v) is 7.28. The number of carbonyl (C=O) groups excluding carboxylic acids is 1. The fourth-order valence-electron chi connectivity index (χ4n) is 4.95. The SMILES string of the molecule is C=CC(=O)N1CCCC[C@@H](n2c(N=C([O-])c3ccnc(C(F)(F)F)c3)nc3ccc(O[C@H]4CCOC4)c(Cl)c32)C1. The van der Waals surface area contributed by atoms with Crippen LogP contribution in [-0.4, -0.2) is 63.6 Å². The molecule has 212 valence electrons. The summed E-state index contributed by atoms with van der Waals surface area (Å²) in [6.45, 7) is 5.39. The van der Waals surface area contributed by atoms with Crippen molar-refractivity contribution in [2.24, 2.45) is 4.99 Å². The second kappa shape index (κ2) is 11.5. The van der Waals surface area contributed by atoms with Gasteiger partial charge in [-0.3, -0.25) is 9.78 Å². The number of carbonyl (C=O) groups is 1. The lowest BCUT2D eigenvalue weighted by atomic mass is 10.1. The van der Waals surface area contributed by atoms with Gasteiger partial charge < -0.3 is 24.0 Å². The summed E-state index contributed by atoms with van der Waals surface area (Å²) >= 11 is 6.87. The summed E-state index contributed by atoms with van der Waals surface area (Å²) in [7, 11) is 0. The highest BCUT2D eigenvalue weighted by Gasteiger charge is 2.33. The van der Waals surface area contributed by atoms with Crippen LogP contribution in [0.4, 0.5) is 19.1 Å². The fourth-order valence-corrected chi connectivity index (χ4v) is 5.25. The number of benzene rings is 1. The highest BCUT2D eigenvalue weighted by molar-refractivity contribution is 6.36. The van der Waals surface area contributed by atoms with Gasteiger partial charge in [-0.05, 0) is 61.1 Å². The Labute approximate surface area is 232 Å². The van der Waals surface area contributed by atoms with Gasteiger partial charge in [-0.25, -0.2) is 9.98 Å². The van der Waals surface area contributed by atoms with E-state index < -0.39 is 17.8 Å². The molecule has 3 aromatic rings. The highest BCUT2D eigenvalue weighted by atomic mass is 35.5. The lowest BCUT2D eigenvalue weighted by Crippen LogP contribution is -2.34. The largest absolute Gasteiger partial charge is 0.858 e. The number of rotatable bonds is 6. The maximum atomic E-state index is 13.2. The number of ether oxygens (including phenoxy) is 2. The summed E-state index contributed by atoms with van der Waals surface area (Å²) in [5.41, 5.74) is -0.622. The molecule has 2 fully saturated rings. The average molecular weight is 577 g/mol. The lowest BCUT2D eigenvalue weighted by molar-refractivity contribution is -0.212. The van der Waals surface area contributed by atoms with Gasteiger partial charge in [0.25, 0.3) is 0 Å². The molecule has 0 aliphatic carbocycles. The standard InChI is InChI=1S/C27H27ClF3N5O4/c1-2-22(37)35-11-4-3-5-17(14-35)36-24-19(6-7-20(23(24)28)40-18-9-12-39-15-18)33-26(36)34-25(38)16-8-10-32-21(13-16)27(29,30)31/h2,6-8,10,13,17-18H,1,3-5,9,11-12,14-15H2,(H,33,34,38)/p-1/t17-,18+/m1/s1. The second-order valence-corrected chi connectivity index (χ2v) is 9.99. The zero-order chi connectivity index (χ0) is 28.4. The molecule has 1 aromatic carbocycles. The van der Waals surface area contributed by atoms with Gasteiger partial charge in [0.15, 0.2) is 0 Å². The molecular weight excluding hydrogens is 551 g/mol. The predicted octanol–water partition coefficient (Wildman–Crippen LogP) is 4.45. The van der Waals surface area contributed by atoms with Crippen LogP contribution in [0.15, 0.2) is 48.1 Å². The maximum Gasteiger partial charge on any atom is 0.433 e. The first-order valence-corrected chi connectivity index (χ1v) is 13.2. The van der Waals surface area contributed by atoms with Crippen molar-refractivity contribution < 1.29 is 32.5 Å². The number of nitrogens with zero attached hydrogens (tertiary/aromatic N) is 5. The molecule has 40 heavy (non-hydrogen) atoms. The minimum Gasteiger partial charge on any atom is -0.858 e. The van der Waals surface area contributed by atoms with Crippen LogP contribution in [0.2, 0.25) is 5.02 Å². The Kier molecular flexibility index (Phi) is 7.99. The van der Waals surface area contributed by atoms with Gasteiger partial charge in [-0.2, -0.15) is 13.2 Å². The van der Waals surface area contributed by atoms with Crippen LogP contribution in [0.5, 0.6) is 5.75 Å². The van der Waals surface area contributed by atoms with Crippen molar-refractivity contribution >= 4 is 40.4 Å². The van der Waals surface area contributed by atoms with E-state index >= 15 is 0 Å². The van der Waals surface area contributed by atoms with E-state index in [0.717, 1.165) is 25.1 Å². The molecule has 0 bridgehead atoms. The molecule has 2 atom stereocenters. The number of pyridine rings is 1. The van der Waals surface area contributed by atoms with E-state index in [0.29, 0.717) is 55.4 Å². The van der Waals surface area contributed by atoms with Crippen molar-refractivity contribution in [2.45, 2.75) is 44.0 Å². The molecular formula is C27H26ClF3N5O4-. The summed E-state index contributed by atoms with van der Waals surface area (Å²) < 4.78 is 52.8. The first-order valence-electron chi connectivity index (χ1n) is 12.8. The van der Waals surface area contributed by atoms with E-state index in [-0.39, 0.29) is 41.1 Å². The van der Waals surface area contributed by atoms with Gasteiger partial charge in [0.2, 0.25) is 11.9 Å². The number of imidazole rings is 1. The van der Waals surface area contributed by atoms with Crippen LogP contribution in [-0.2, 0) is 15.7 Å². The topological polar surface area (TPSA) is 105 Å². The molecule has 2 aliphatic heterocycles. The molecule has 0 spiro atoms. The van der Waals surface area contributed by atoms with Gasteiger partial charge in [-0.1, -0.05) is 18.2 Å². The molecule has 0 saturated carbocycles. The Morgan fingerprint density at radius 3 is 2.83 bits per heavy atom. The average Bonchev–Trinajstić information content (AvgIpc) is 3.50. The molecule has 4 heterocycles. The second-order valence-electron chi connectivity index (χ2n) is 9.61. The Hall–Kier alpha value is -3.64. The van der Waals surface area contributed by atoms with Gasteiger partial charge in [0, 0.05) is 25.7 Å². The molecule has 9 nitrogen and oxygen atoms in total. The van der Waals surface area contributed by atoms with Crippen molar-refractivity contribution in [2.75, 3.05) is 26.3 Å². The van der Waals surface area contributed by atoms with Crippen LogP contribution in [0.25, 0.3) is 11.0 Å². The summed E-state index contributed by atoms with van der Waals surface area (Å²) in [4.78, 5) is 26.2. The van der Waals surface area contributed by atoms with E-state index in [1.165, 1.54) is 6.08 Å². The Bertz CT molecular complexity index is 1450. The van der Waals surface area contributed by atoms with Crippen LogP contribution in [0.3, 0.4) is 0 Å². The minimum atomic E-state index is -4.72. The van der Waals surface area contributed by atoms with Crippen LogP contribution in [0, 0.1) is 0 Å². The smallest absolute Gasteiger partial charge is 0.433 e. The van der Waals surface area contributed by atoms with Gasteiger partial charge in [-0.15, -0.1) is 0 Å². The summed E-state index contributed by atoms with van der Waals surface area (Å²) in [6, 6.07) is 4.79. The molecule has 0 unspecified atom stereocenters. The van der Waals surface area contributed by atoms with Crippen molar-refractivity contribution in [3.63, 3.8) is 0 Å². The minimum absolute atomic E-state index is 0.0356. The lowest BCUT2D eigenvalue weighted by Gasteiger charge is -2.26. The van der Waals surface area contributed by atoms with Gasteiger partial charge in [0.05, 0.1) is 30.3 Å². The number of aromatic nitrogens is 3. The van der Waals surface area contributed by atoms with E-state index in [1.54, 1.807) is 21.6 Å². The Morgan fingerprint density at radius 2 is 2.10 bits per heavy atom. The molecule has 13 heteroatoms. The predicted molar refractivity (Wildman–Crippen MR) is 140 cm³/mol. The van der Waals surface area contributed by atoms with E-state index in [4.69, 9.17) is 21.1 Å². The summed E-state index contributed by atoms with van der Waals surface area (Å²) in [5, 5.41) is 13.4. The third kappa shape index (κ3) is 5.78. The fraction of sp³-hybridized carbons (Fsp3) is 0.407. The number of alkyl halides is 3. The van der Waals surface area contributed by atoms with Gasteiger partial charge in [0.1, 0.15) is 22.6 Å². The van der Waals surface area contributed by atoms with Crippen molar-refractivity contribution in [1.82, 2.24) is 19.4 Å². The maximum absolute atomic E-state index is 13.2.